The summed E-state index contributed by atoms with van der Waals surface area (Å²) >= 11 is 0. The molecule has 1 rings (SSSR count). The molecule has 0 aliphatic rings. The van der Waals surface area contributed by atoms with E-state index in [4.69, 9.17) is 0 Å². The van der Waals surface area contributed by atoms with Gasteiger partial charge in [-0.2, -0.15) is 5.10 Å². The maximum Gasteiger partial charge on any atom is 0.244 e. The topological polar surface area (TPSA) is 38.1 Å². The molecule has 4 nitrogen and oxygen atoms in total. The van der Waals surface area contributed by atoms with Crippen LogP contribution in [-0.4, -0.2) is 33.2 Å². The first-order valence-electron chi connectivity index (χ1n) is 6.80. The standard InChI is InChI=1S/C14H25N3O/c1-6-8-16(12(4)7-2)14(18)10-17-13(5)9-11(3)15-17/h9,12H,6-8,10H2,1-5H3. The van der Waals surface area contributed by atoms with Gasteiger partial charge in [0.15, 0.2) is 0 Å². The van der Waals surface area contributed by atoms with Gasteiger partial charge in [-0.25, -0.2) is 0 Å². The van der Waals surface area contributed by atoms with Gasteiger partial charge in [0.1, 0.15) is 6.54 Å². The Morgan fingerprint density at radius 3 is 2.56 bits per heavy atom. The maximum atomic E-state index is 12.3. The molecule has 0 aliphatic carbocycles. The molecule has 0 radical (unpaired) electrons. The van der Waals surface area contributed by atoms with E-state index in [-0.39, 0.29) is 5.91 Å². The molecule has 0 N–H and O–H groups in total. The fraction of sp³-hybridized carbons (Fsp3) is 0.714. The summed E-state index contributed by atoms with van der Waals surface area (Å²) in [4.78, 5) is 14.3. The Hall–Kier alpha value is -1.32. The Bertz CT molecular complexity index is 398. The quantitative estimate of drug-likeness (QED) is 0.779. The van der Waals surface area contributed by atoms with Gasteiger partial charge < -0.3 is 4.90 Å². The van der Waals surface area contributed by atoms with Crippen molar-refractivity contribution in [2.75, 3.05) is 6.54 Å². The molecule has 0 saturated carbocycles. The second-order valence-electron chi connectivity index (χ2n) is 4.93. The molecule has 4 heteroatoms. The second kappa shape index (κ2) is 6.57. The Balaban J connectivity index is 2.75. The first-order chi connectivity index (χ1) is 8.49. The lowest BCUT2D eigenvalue weighted by molar-refractivity contribution is -0.134. The molecule has 0 aliphatic heterocycles. The van der Waals surface area contributed by atoms with Crippen LogP contribution in [0.25, 0.3) is 0 Å². The normalized spacial score (nSPS) is 12.5. The highest BCUT2D eigenvalue weighted by Gasteiger charge is 2.19. The van der Waals surface area contributed by atoms with E-state index in [1.54, 1.807) is 4.68 Å². The summed E-state index contributed by atoms with van der Waals surface area (Å²) in [7, 11) is 0. The highest BCUT2D eigenvalue weighted by atomic mass is 16.2. The van der Waals surface area contributed by atoms with Crippen molar-refractivity contribution in [3.8, 4) is 0 Å². The third kappa shape index (κ3) is 3.59. The van der Waals surface area contributed by atoms with Crippen LogP contribution in [0.4, 0.5) is 0 Å². The van der Waals surface area contributed by atoms with E-state index < -0.39 is 0 Å². The number of aromatic nitrogens is 2. The molecular formula is C14H25N3O. The van der Waals surface area contributed by atoms with Crippen molar-refractivity contribution in [1.29, 1.82) is 0 Å². The van der Waals surface area contributed by atoms with Crippen molar-refractivity contribution < 1.29 is 4.79 Å². The molecule has 0 aromatic carbocycles. The number of nitrogens with zero attached hydrogens (tertiary/aromatic N) is 3. The smallest absolute Gasteiger partial charge is 0.244 e. The van der Waals surface area contributed by atoms with E-state index in [1.165, 1.54) is 0 Å². The van der Waals surface area contributed by atoms with Gasteiger partial charge in [-0.05, 0) is 39.7 Å². The van der Waals surface area contributed by atoms with Crippen molar-refractivity contribution in [3.05, 3.63) is 17.5 Å². The third-order valence-corrected chi connectivity index (χ3v) is 3.30. The first kappa shape index (κ1) is 14.7. The molecule has 1 heterocycles. The highest BCUT2D eigenvalue weighted by Crippen LogP contribution is 2.08. The van der Waals surface area contributed by atoms with Gasteiger partial charge in [-0.1, -0.05) is 13.8 Å². The van der Waals surface area contributed by atoms with E-state index in [2.05, 4.69) is 25.9 Å². The lowest BCUT2D eigenvalue weighted by atomic mass is 10.2. The van der Waals surface area contributed by atoms with Crippen molar-refractivity contribution in [3.63, 3.8) is 0 Å². The molecule has 0 bridgehead atoms. The molecule has 1 atom stereocenters. The summed E-state index contributed by atoms with van der Waals surface area (Å²) in [5.74, 6) is 0.164. The minimum atomic E-state index is 0.164. The van der Waals surface area contributed by atoms with Gasteiger partial charge in [0.25, 0.3) is 0 Å². The molecular weight excluding hydrogens is 226 g/mol. The van der Waals surface area contributed by atoms with Crippen LogP contribution in [0.1, 0.15) is 45.0 Å². The van der Waals surface area contributed by atoms with Gasteiger partial charge >= 0.3 is 0 Å². The maximum absolute atomic E-state index is 12.3. The fourth-order valence-corrected chi connectivity index (χ4v) is 2.11. The zero-order valence-corrected chi connectivity index (χ0v) is 12.2. The summed E-state index contributed by atoms with van der Waals surface area (Å²) < 4.78 is 1.79. The molecule has 0 spiro atoms. The lowest BCUT2D eigenvalue weighted by Gasteiger charge is -2.28. The Labute approximate surface area is 110 Å². The molecule has 1 aromatic rings. The van der Waals surface area contributed by atoms with Crippen LogP contribution in [0, 0.1) is 13.8 Å². The first-order valence-corrected chi connectivity index (χ1v) is 6.80. The number of aryl methyl sites for hydroxylation is 2. The van der Waals surface area contributed by atoms with Gasteiger partial charge in [-0.3, -0.25) is 9.48 Å². The van der Waals surface area contributed by atoms with Crippen molar-refractivity contribution >= 4 is 5.91 Å². The Morgan fingerprint density at radius 1 is 1.44 bits per heavy atom. The number of hydrogen-bond donors (Lipinski definition) is 0. The molecule has 102 valence electrons. The van der Waals surface area contributed by atoms with Crippen molar-refractivity contribution in [1.82, 2.24) is 14.7 Å². The van der Waals surface area contributed by atoms with E-state index in [9.17, 15) is 4.79 Å². The van der Waals surface area contributed by atoms with Gasteiger partial charge in [0, 0.05) is 18.3 Å². The summed E-state index contributed by atoms with van der Waals surface area (Å²) in [6.07, 6.45) is 1.98. The fourth-order valence-electron chi connectivity index (χ4n) is 2.11. The zero-order valence-electron chi connectivity index (χ0n) is 12.2. The Kier molecular flexibility index (Phi) is 5.38. The van der Waals surface area contributed by atoms with E-state index >= 15 is 0 Å². The summed E-state index contributed by atoms with van der Waals surface area (Å²) in [6.45, 7) is 11.4. The lowest BCUT2D eigenvalue weighted by Crippen LogP contribution is -2.41. The third-order valence-electron chi connectivity index (χ3n) is 3.30. The number of rotatable bonds is 6. The van der Waals surface area contributed by atoms with Crippen LogP contribution in [0.3, 0.4) is 0 Å². The van der Waals surface area contributed by atoms with E-state index in [0.717, 1.165) is 30.8 Å². The Morgan fingerprint density at radius 2 is 2.11 bits per heavy atom. The van der Waals surface area contributed by atoms with E-state index in [1.807, 2.05) is 24.8 Å². The van der Waals surface area contributed by atoms with Crippen LogP contribution in [-0.2, 0) is 11.3 Å². The largest absolute Gasteiger partial charge is 0.338 e. The van der Waals surface area contributed by atoms with Crippen LogP contribution in [0.2, 0.25) is 0 Å². The van der Waals surface area contributed by atoms with Gasteiger partial charge in [0.2, 0.25) is 5.91 Å². The molecule has 0 saturated heterocycles. The summed E-state index contributed by atoms with van der Waals surface area (Å²) in [6, 6.07) is 2.30. The van der Waals surface area contributed by atoms with Crippen LogP contribution >= 0.6 is 0 Å². The zero-order chi connectivity index (χ0) is 13.7. The SMILES string of the molecule is CCCN(C(=O)Cn1nc(C)cc1C)C(C)CC. The summed E-state index contributed by atoms with van der Waals surface area (Å²) in [5.41, 5.74) is 2.01. The number of carbonyl (C=O) groups is 1. The number of hydrogen-bond acceptors (Lipinski definition) is 2. The predicted octanol–water partition coefficient (Wildman–Crippen LogP) is 2.54. The average Bonchev–Trinajstić information content (AvgIpc) is 2.63. The minimum Gasteiger partial charge on any atom is -0.338 e. The van der Waals surface area contributed by atoms with Crippen molar-refractivity contribution in [2.45, 2.75) is 60.0 Å². The van der Waals surface area contributed by atoms with Crippen LogP contribution in [0.15, 0.2) is 6.07 Å². The molecule has 0 fully saturated rings. The molecule has 18 heavy (non-hydrogen) atoms. The minimum absolute atomic E-state index is 0.164. The molecule has 1 aromatic heterocycles. The monoisotopic (exact) mass is 251 g/mol. The highest BCUT2D eigenvalue weighted by molar-refractivity contribution is 5.76. The molecule has 1 amide bonds. The average molecular weight is 251 g/mol. The van der Waals surface area contributed by atoms with E-state index in [0.29, 0.717) is 12.6 Å². The second-order valence-corrected chi connectivity index (χ2v) is 4.93. The molecule has 1 unspecified atom stereocenters. The predicted molar refractivity (Wildman–Crippen MR) is 73.5 cm³/mol. The van der Waals surface area contributed by atoms with Crippen molar-refractivity contribution in [2.24, 2.45) is 0 Å². The van der Waals surface area contributed by atoms with Crippen LogP contribution in [0.5, 0.6) is 0 Å². The van der Waals surface area contributed by atoms with Gasteiger partial charge in [-0.15, -0.1) is 0 Å². The number of carbonyl (C=O) groups excluding carboxylic acids is 1. The van der Waals surface area contributed by atoms with Gasteiger partial charge in [0.05, 0.1) is 5.69 Å². The summed E-state index contributed by atoms with van der Waals surface area (Å²) in [5, 5.41) is 4.35. The number of amides is 1. The van der Waals surface area contributed by atoms with Crippen LogP contribution < -0.4 is 0 Å².